The molecule has 3 nitrogen and oxygen atoms in total. The quantitative estimate of drug-likeness (QED) is 0.794. The van der Waals surface area contributed by atoms with Crippen molar-refractivity contribution in [2.75, 3.05) is 5.32 Å². The van der Waals surface area contributed by atoms with Gasteiger partial charge in [-0.25, -0.2) is 0 Å². The highest BCUT2D eigenvalue weighted by Crippen LogP contribution is 2.24. The van der Waals surface area contributed by atoms with Crippen LogP contribution in [0.25, 0.3) is 0 Å². The fourth-order valence-corrected chi connectivity index (χ4v) is 2.14. The van der Waals surface area contributed by atoms with Gasteiger partial charge in [0.15, 0.2) is 5.78 Å². The molecule has 0 unspecified atom stereocenters. The molecule has 1 aliphatic heterocycles. The Labute approximate surface area is 102 Å². The number of hydrogen-bond acceptors (Lipinski definition) is 2. The Morgan fingerprint density at radius 3 is 2.69 bits per heavy atom. The number of carbonyl (C=O) groups is 2. The lowest BCUT2D eigenvalue weighted by molar-refractivity contribution is -0.116. The van der Waals surface area contributed by atoms with Crippen LogP contribution in [0, 0.1) is 0 Å². The van der Waals surface area contributed by atoms with E-state index in [4.69, 9.17) is 0 Å². The Balaban J connectivity index is 2.42. The maximum absolute atomic E-state index is 11.9. The average molecular weight is 282 g/mol. The average Bonchev–Trinajstić information content (AvgIpc) is 2.31. The van der Waals surface area contributed by atoms with Crippen LogP contribution in [0.2, 0.25) is 0 Å². The van der Waals surface area contributed by atoms with Crippen molar-refractivity contribution in [3.63, 3.8) is 0 Å². The Bertz CT molecular complexity index is 443. The van der Waals surface area contributed by atoms with E-state index in [-0.39, 0.29) is 11.7 Å². The second-order valence-electron chi connectivity index (χ2n) is 3.87. The molecule has 1 aromatic rings. The predicted molar refractivity (Wildman–Crippen MR) is 65.6 cm³/mol. The number of amides is 1. The molecule has 1 aliphatic rings. The second kappa shape index (κ2) is 4.78. The van der Waals surface area contributed by atoms with Crippen molar-refractivity contribution in [2.45, 2.75) is 25.7 Å². The molecular formula is C12H12BrNO2. The van der Waals surface area contributed by atoms with Gasteiger partial charge in [-0.05, 0) is 31.0 Å². The monoisotopic (exact) mass is 281 g/mol. The number of Topliss-reactive ketones (excluding diaryl/α,β-unsaturated/α-hetero) is 1. The zero-order valence-corrected chi connectivity index (χ0v) is 10.3. The zero-order chi connectivity index (χ0) is 11.5. The van der Waals surface area contributed by atoms with Crippen LogP contribution < -0.4 is 5.32 Å². The lowest BCUT2D eigenvalue weighted by Gasteiger charge is -2.08. The summed E-state index contributed by atoms with van der Waals surface area (Å²) in [6.45, 7) is 0. The van der Waals surface area contributed by atoms with Crippen LogP contribution in [0.15, 0.2) is 22.7 Å². The van der Waals surface area contributed by atoms with Crippen molar-refractivity contribution < 1.29 is 9.59 Å². The number of carbonyl (C=O) groups excluding carboxylic acids is 2. The molecule has 0 fully saturated rings. The maximum Gasteiger partial charge on any atom is 0.224 e. The summed E-state index contributed by atoms with van der Waals surface area (Å²) in [5.41, 5.74) is 1.23. The van der Waals surface area contributed by atoms with Gasteiger partial charge < -0.3 is 5.32 Å². The summed E-state index contributed by atoms with van der Waals surface area (Å²) in [5.74, 6) is 0.0803. The van der Waals surface area contributed by atoms with Crippen molar-refractivity contribution >= 4 is 33.3 Å². The molecule has 16 heavy (non-hydrogen) atoms. The maximum atomic E-state index is 11.9. The fourth-order valence-electron chi connectivity index (χ4n) is 1.77. The van der Waals surface area contributed by atoms with Crippen LogP contribution in [0.1, 0.15) is 36.0 Å². The minimum Gasteiger partial charge on any atom is -0.325 e. The molecule has 1 N–H and O–H groups in total. The zero-order valence-electron chi connectivity index (χ0n) is 8.75. The molecule has 2 rings (SSSR count). The van der Waals surface area contributed by atoms with Gasteiger partial charge in [0.1, 0.15) is 0 Å². The van der Waals surface area contributed by atoms with Gasteiger partial charge in [-0.15, -0.1) is 0 Å². The van der Waals surface area contributed by atoms with E-state index in [1.54, 1.807) is 12.1 Å². The van der Waals surface area contributed by atoms with E-state index >= 15 is 0 Å². The highest BCUT2D eigenvalue weighted by Gasteiger charge is 2.16. The van der Waals surface area contributed by atoms with Crippen LogP contribution in [0.3, 0.4) is 0 Å². The van der Waals surface area contributed by atoms with Crippen LogP contribution in [0.4, 0.5) is 5.69 Å². The molecule has 4 heteroatoms. The molecule has 0 saturated heterocycles. The first-order valence-corrected chi connectivity index (χ1v) is 6.09. The number of nitrogens with one attached hydrogen (secondary N) is 1. The Kier molecular flexibility index (Phi) is 3.39. The lowest BCUT2D eigenvalue weighted by Crippen LogP contribution is -2.12. The van der Waals surface area contributed by atoms with E-state index in [9.17, 15) is 9.59 Å². The lowest BCUT2D eigenvalue weighted by atomic mass is 10.0. The van der Waals surface area contributed by atoms with Gasteiger partial charge >= 0.3 is 0 Å². The molecule has 0 spiro atoms. The summed E-state index contributed by atoms with van der Waals surface area (Å²) in [5, 5.41) is 2.78. The Morgan fingerprint density at radius 2 is 1.88 bits per heavy atom. The first-order valence-electron chi connectivity index (χ1n) is 5.29. The van der Waals surface area contributed by atoms with Crippen LogP contribution in [0.5, 0.6) is 0 Å². The summed E-state index contributed by atoms with van der Waals surface area (Å²) in [7, 11) is 0. The van der Waals surface area contributed by atoms with Crippen molar-refractivity contribution in [1.29, 1.82) is 0 Å². The number of halogens is 1. The summed E-state index contributed by atoms with van der Waals surface area (Å²) in [6.07, 6.45) is 2.55. The van der Waals surface area contributed by atoms with Crippen LogP contribution >= 0.6 is 15.9 Å². The van der Waals surface area contributed by atoms with Crippen molar-refractivity contribution in [2.24, 2.45) is 0 Å². The summed E-state index contributed by atoms with van der Waals surface area (Å²) in [4.78, 5) is 23.4. The first-order chi connectivity index (χ1) is 7.66. The second-order valence-corrected chi connectivity index (χ2v) is 4.78. The third kappa shape index (κ3) is 2.50. The van der Waals surface area contributed by atoms with Gasteiger partial charge in [0.25, 0.3) is 0 Å². The van der Waals surface area contributed by atoms with Gasteiger partial charge in [0, 0.05) is 22.9 Å². The van der Waals surface area contributed by atoms with E-state index in [0.717, 1.165) is 17.3 Å². The smallest absolute Gasteiger partial charge is 0.224 e. The first kappa shape index (κ1) is 11.3. The molecular weight excluding hydrogens is 270 g/mol. The molecule has 1 amide bonds. The molecule has 1 aromatic carbocycles. The third-order valence-corrected chi connectivity index (χ3v) is 3.11. The number of ketones is 1. The van der Waals surface area contributed by atoms with Crippen LogP contribution in [-0.2, 0) is 4.79 Å². The topological polar surface area (TPSA) is 46.2 Å². The molecule has 0 saturated carbocycles. The fraction of sp³-hybridized carbons (Fsp3) is 0.333. The van der Waals surface area contributed by atoms with E-state index in [1.165, 1.54) is 0 Å². The normalized spacial score (nSPS) is 16.8. The molecule has 0 aliphatic carbocycles. The molecule has 0 atom stereocenters. The highest BCUT2D eigenvalue weighted by molar-refractivity contribution is 9.10. The third-order valence-electron chi connectivity index (χ3n) is 2.61. The van der Waals surface area contributed by atoms with Crippen molar-refractivity contribution in [3.8, 4) is 0 Å². The summed E-state index contributed by atoms with van der Waals surface area (Å²) in [6, 6.07) is 5.36. The SMILES string of the molecule is O=C1CCCCC(=O)c2cc(Br)ccc2N1. The summed E-state index contributed by atoms with van der Waals surface area (Å²) >= 11 is 3.33. The highest BCUT2D eigenvalue weighted by atomic mass is 79.9. The van der Waals surface area contributed by atoms with Gasteiger partial charge in [0.2, 0.25) is 5.91 Å². The van der Waals surface area contributed by atoms with Crippen molar-refractivity contribution in [3.05, 3.63) is 28.2 Å². The molecule has 0 radical (unpaired) electrons. The van der Waals surface area contributed by atoms with Crippen LogP contribution in [-0.4, -0.2) is 11.7 Å². The molecule has 0 aromatic heterocycles. The number of anilines is 1. The summed E-state index contributed by atoms with van der Waals surface area (Å²) < 4.78 is 0.855. The standard InChI is InChI=1S/C12H12BrNO2/c13-8-5-6-10-9(7-8)11(15)3-1-2-4-12(16)14-10/h5-7H,1-4H2,(H,14,16). The molecule has 84 valence electrons. The minimum atomic E-state index is -0.0155. The molecule has 1 heterocycles. The van der Waals surface area contributed by atoms with Gasteiger partial charge in [-0.2, -0.15) is 0 Å². The number of benzene rings is 1. The predicted octanol–water partition coefficient (Wildman–Crippen LogP) is 3.14. The number of fused-ring (bicyclic) bond motifs is 1. The Hall–Kier alpha value is -1.16. The molecule has 0 bridgehead atoms. The number of rotatable bonds is 0. The van der Waals surface area contributed by atoms with E-state index in [1.807, 2.05) is 6.07 Å². The van der Waals surface area contributed by atoms with E-state index in [2.05, 4.69) is 21.2 Å². The van der Waals surface area contributed by atoms with Crippen molar-refractivity contribution in [1.82, 2.24) is 0 Å². The van der Waals surface area contributed by atoms with E-state index < -0.39 is 0 Å². The minimum absolute atomic E-state index is 0.0155. The van der Waals surface area contributed by atoms with Gasteiger partial charge in [0.05, 0.1) is 5.69 Å². The van der Waals surface area contributed by atoms with Gasteiger partial charge in [-0.1, -0.05) is 15.9 Å². The Morgan fingerprint density at radius 1 is 1.12 bits per heavy atom. The largest absolute Gasteiger partial charge is 0.325 e. The number of hydrogen-bond donors (Lipinski definition) is 1. The van der Waals surface area contributed by atoms with Gasteiger partial charge in [-0.3, -0.25) is 9.59 Å². The van der Waals surface area contributed by atoms with E-state index in [0.29, 0.717) is 24.1 Å².